The van der Waals surface area contributed by atoms with Crippen molar-refractivity contribution in [3.63, 3.8) is 0 Å². The van der Waals surface area contributed by atoms with Crippen LogP contribution in [0.4, 0.5) is 0 Å². The number of carbonyl (C=O) groups excluding carboxylic acids is 1. The second-order valence-electron chi connectivity index (χ2n) is 6.26. The molecule has 0 spiro atoms. The fraction of sp³-hybridized carbons (Fsp3) is 0.0909. The van der Waals surface area contributed by atoms with Crippen LogP contribution in [0, 0.1) is 6.92 Å². The van der Waals surface area contributed by atoms with Gasteiger partial charge in [-0.3, -0.25) is 4.79 Å². The molecule has 2 heterocycles. The third-order valence-electron chi connectivity index (χ3n) is 4.71. The minimum atomic E-state index is -0.0588. The van der Waals surface area contributed by atoms with Gasteiger partial charge in [0.1, 0.15) is 5.65 Å². The number of halogens is 1. The number of H-pyrrole nitrogens is 1. The van der Waals surface area contributed by atoms with E-state index in [0.29, 0.717) is 21.8 Å². The van der Waals surface area contributed by atoms with Gasteiger partial charge in [0.05, 0.1) is 5.56 Å². The Hall–Kier alpha value is -2.56. The zero-order chi connectivity index (χ0) is 19.0. The van der Waals surface area contributed by atoms with E-state index in [4.69, 9.17) is 11.6 Å². The summed E-state index contributed by atoms with van der Waals surface area (Å²) in [6, 6.07) is 15.7. The number of nitrogens with one attached hydrogen (secondary N) is 1. The van der Waals surface area contributed by atoms with Crippen molar-refractivity contribution < 1.29 is 4.79 Å². The molecule has 0 bridgehead atoms. The first-order valence-corrected chi connectivity index (χ1v) is 10.1. The summed E-state index contributed by atoms with van der Waals surface area (Å²) in [5.74, 6) is -0.0588. The molecule has 0 fully saturated rings. The normalized spacial score (nSPS) is 11.1. The first-order valence-electron chi connectivity index (χ1n) is 8.50. The van der Waals surface area contributed by atoms with E-state index in [2.05, 4.69) is 34.4 Å². The number of aromatic amines is 1. The lowest BCUT2D eigenvalue weighted by molar-refractivity contribution is 0.104. The van der Waals surface area contributed by atoms with Gasteiger partial charge in [0, 0.05) is 33.3 Å². The molecule has 5 heteroatoms. The van der Waals surface area contributed by atoms with Gasteiger partial charge in [0.15, 0.2) is 5.78 Å². The van der Waals surface area contributed by atoms with Crippen LogP contribution in [0.5, 0.6) is 0 Å². The summed E-state index contributed by atoms with van der Waals surface area (Å²) in [4.78, 5) is 22.0. The van der Waals surface area contributed by atoms with Crippen molar-refractivity contribution in [2.45, 2.75) is 11.8 Å². The first-order chi connectivity index (χ1) is 13.1. The maximum absolute atomic E-state index is 13.3. The Balaban J connectivity index is 1.93. The van der Waals surface area contributed by atoms with Gasteiger partial charge in [-0.25, -0.2) is 4.98 Å². The number of hydrogen-bond donors (Lipinski definition) is 1. The van der Waals surface area contributed by atoms with Crippen molar-refractivity contribution in [2.24, 2.45) is 0 Å². The van der Waals surface area contributed by atoms with E-state index in [-0.39, 0.29) is 5.78 Å². The van der Waals surface area contributed by atoms with Gasteiger partial charge >= 0.3 is 0 Å². The van der Waals surface area contributed by atoms with Crippen molar-refractivity contribution in [1.82, 2.24) is 9.97 Å². The highest BCUT2D eigenvalue weighted by Crippen LogP contribution is 2.33. The molecule has 0 aliphatic heterocycles. The minimum Gasteiger partial charge on any atom is -0.345 e. The van der Waals surface area contributed by atoms with E-state index in [0.717, 1.165) is 22.1 Å². The average Bonchev–Trinajstić information content (AvgIpc) is 3.14. The number of nitrogens with zero attached hydrogens (tertiary/aromatic N) is 1. The van der Waals surface area contributed by atoms with Crippen LogP contribution in [0.3, 0.4) is 0 Å². The number of carbonyl (C=O) groups is 1. The molecule has 0 atom stereocenters. The zero-order valence-corrected chi connectivity index (χ0v) is 16.5. The van der Waals surface area contributed by atoms with E-state index in [1.807, 2.05) is 25.1 Å². The quantitative estimate of drug-likeness (QED) is 0.335. The Bertz CT molecular complexity index is 1170. The molecule has 2 aromatic carbocycles. The van der Waals surface area contributed by atoms with Crippen molar-refractivity contribution >= 4 is 40.2 Å². The Morgan fingerprint density at radius 3 is 2.74 bits per heavy atom. The summed E-state index contributed by atoms with van der Waals surface area (Å²) in [6.45, 7) is 1.87. The van der Waals surface area contributed by atoms with Crippen LogP contribution in [0.15, 0.2) is 65.8 Å². The molecule has 0 unspecified atom stereocenters. The molecule has 0 saturated carbocycles. The van der Waals surface area contributed by atoms with E-state index in [1.165, 1.54) is 4.90 Å². The third kappa shape index (κ3) is 3.15. The molecule has 2 aromatic heterocycles. The second-order valence-corrected chi connectivity index (χ2v) is 7.54. The number of hydrogen-bond acceptors (Lipinski definition) is 3. The van der Waals surface area contributed by atoms with Crippen LogP contribution < -0.4 is 0 Å². The molecule has 0 aliphatic rings. The number of rotatable bonds is 4. The maximum atomic E-state index is 13.3. The number of pyridine rings is 1. The van der Waals surface area contributed by atoms with E-state index in [1.54, 1.807) is 36.3 Å². The summed E-state index contributed by atoms with van der Waals surface area (Å²) in [7, 11) is 0. The zero-order valence-electron chi connectivity index (χ0n) is 14.9. The van der Waals surface area contributed by atoms with Gasteiger partial charge in [-0.2, -0.15) is 0 Å². The molecule has 4 aromatic rings. The van der Waals surface area contributed by atoms with Gasteiger partial charge in [-0.05, 0) is 54.1 Å². The third-order valence-corrected chi connectivity index (χ3v) is 5.85. The minimum absolute atomic E-state index is 0.0588. The summed E-state index contributed by atoms with van der Waals surface area (Å²) in [5, 5.41) is 1.42. The molecule has 0 radical (unpaired) electrons. The first kappa shape index (κ1) is 17.8. The molecule has 0 saturated heterocycles. The predicted molar refractivity (Wildman–Crippen MR) is 113 cm³/mol. The Morgan fingerprint density at radius 2 is 1.93 bits per heavy atom. The topological polar surface area (TPSA) is 45.8 Å². The number of thioether (sulfide) groups is 1. The largest absolute Gasteiger partial charge is 0.345 e. The second kappa shape index (κ2) is 7.22. The Kier molecular flexibility index (Phi) is 4.77. The summed E-state index contributed by atoms with van der Waals surface area (Å²) < 4.78 is 0. The van der Waals surface area contributed by atoms with Crippen molar-refractivity contribution in [3.05, 3.63) is 82.6 Å². The highest BCUT2D eigenvalue weighted by molar-refractivity contribution is 7.98. The molecule has 0 amide bonds. The fourth-order valence-corrected chi connectivity index (χ4v) is 3.90. The average molecular weight is 393 g/mol. The maximum Gasteiger partial charge on any atom is 0.195 e. The Labute approximate surface area is 166 Å². The van der Waals surface area contributed by atoms with Gasteiger partial charge in [0.2, 0.25) is 0 Å². The standard InChI is InChI=1S/C22H17ClN2OS/c1-13-16(7-4-8-19(13)23)21(26)18-12-25-22-20(18)17(9-10-24-22)14-5-3-6-15(11-14)27-2/h3-12H,1-2H3,(H,24,25). The summed E-state index contributed by atoms with van der Waals surface area (Å²) in [5.41, 5.74) is 4.74. The van der Waals surface area contributed by atoms with Gasteiger partial charge in [-0.15, -0.1) is 11.8 Å². The number of benzene rings is 2. The molecule has 1 N–H and O–H groups in total. The Morgan fingerprint density at radius 1 is 1.11 bits per heavy atom. The SMILES string of the molecule is CSc1cccc(-c2ccnc3[nH]cc(C(=O)c4cccc(Cl)c4C)c23)c1. The molecular weight excluding hydrogens is 376 g/mol. The number of aromatic nitrogens is 2. The molecule has 3 nitrogen and oxygen atoms in total. The lowest BCUT2D eigenvalue weighted by Crippen LogP contribution is -2.03. The van der Waals surface area contributed by atoms with Crippen LogP contribution in [0.25, 0.3) is 22.2 Å². The molecule has 0 aliphatic carbocycles. The lowest BCUT2D eigenvalue weighted by atomic mass is 9.95. The highest BCUT2D eigenvalue weighted by atomic mass is 35.5. The van der Waals surface area contributed by atoms with Crippen LogP contribution in [0.1, 0.15) is 21.5 Å². The predicted octanol–water partition coefficient (Wildman–Crippen LogP) is 6.14. The van der Waals surface area contributed by atoms with E-state index < -0.39 is 0 Å². The fourth-order valence-electron chi connectivity index (χ4n) is 3.27. The molecule has 27 heavy (non-hydrogen) atoms. The van der Waals surface area contributed by atoms with Crippen molar-refractivity contribution in [1.29, 1.82) is 0 Å². The molecule has 134 valence electrons. The van der Waals surface area contributed by atoms with Crippen LogP contribution in [-0.2, 0) is 0 Å². The number of fused-ring (bicyclic) bond motifs is 1. The van der Waals surface area contributed by atoms with Crippen molar-refractivity contribution in [2.75, 3.05) is 6.26 Å². The number of ketones is 1. The van der Waals surface area contributed by atoms with Crippen LogP contribution in [0.2, 0.25) is 5.02 Å². The molecular formula is C22H17ClN2OS. The van der Waals surface area contributed by atoms with Gasteiger partial charge < -0.3 is 4.98 Å². The summed E-state index contributed by atoms with van der Waals surface area (Å²) >= 11 is 7.91. The highest BCUT2D eigenvalue weighted by Gasteiger charge is 2.20. The van der Waals surface area contributed by atoms with E-state index >= 15 is 0 Å². The summed E-state index contributed by atoms with van der Waals surface area (Å²) in [6.07, 6.45) is 5.55. The smallest absolute Gasteiger partial charge is 0.195 e. The van der Waals surface area contributed by atoms with Gasteiger partial charge in [0.25, 0.3) is 0 Å². The van der Waals surface area contributed by atoms with E-state index in [9.17, 15) is 4.79 Å². The molecule has 4 rings (SSSR count). The van der Waals surface area contributed by atoms with Crippen LogP contribution in [-0.4, -0.2) is 22.0 Å². The van der Waals surface area contributed by atoms with Crippen molar-refractivity contribution in [3.8, 4) is 11.1 Å². The monoisotopic (exact) mass is 392 g/mol. The van der Waals surface area contributed by atoms with Gasteiger partial charge in [-0.1, -0.05) is 35.9 Å². The van der Waals surface area contributed by atoms with Crippen LogP contribution >= 0.6 is 23.4 Å². The lowest BCUT2D eigenvalue weighted by Gasteiger charge is -2.09.